The molecule has 1 atom stereocenters. The quantitative estimate of drug-likeness (QED) is 0.797. The van der Waals surface area contributed by atoms with Gasteiger partial charge >= 0.3 is 0 Å². The Morgan fingerprint density at radius 3 is 2.79 bits per heavy atom. The van der Waals surface area contributed by atoms with Gasteiger partial charge in [-0.05, 0) is 50.0 Å². The Bertz CT molecular complexity index is 816. The number of aliphatic hydroxyl groups is 1. The predicted octanol–water partition coefficient (Wildman–Crippen LogP) is 2.01. The van der Waals surface area contributed by atoms with Crippen LogP contribution in [0.4, 0.5) is 0 Å². The molecule has 126 valence electrons. The van der Waals surface area contributed by atoms with Gasteiger partial charge in [0.15, 0.2) is 0 Å². The second-order valence-corrected chi connectivity index (χ2v) is 6.64. The normalized spacial score (nSPS) is 18.2. The average molecular weight is 325 g/mol. The Labute approximate surface area is 141 Å². The molecule has 0 bridgehead atoms. The number of rotatable bonds is 4. The maximum absolute atomic E-state index is 10.6. The fourth-order valence-electron chi connectivity index (χ4n) is 3.66. The number of hydrogen-bond acceptors (Lipinski definition) is 4. The van der Waals surface area contributed by atoms with E-state index in [1.165, 1.54) is 5.69 Å². The maximum atomic E-state index is 10.6. The van der Waals surface area contributed by atoms with E-state index in [0.29, 0.717) is 0 Å². The van der Waals surface area contributed by atoms with Gasteiger partial charge in [0.05, 0.1) is 11.2 Å². The molecule has 3 aromatic heterocycles. The van der Waals surface area contributed by atoms with Crippen LogP contribution in [0.25, 0.3) is 5.52 Å². The van der Waals surface area contributed by atoms with Crippen molar-refractivity contribution in [2.75, 3.05) is 13.1 Å². The lowest BCUT2D eigenvalue weighted by Gasteiger charge is -2.34. The van der Waals surface area contributed by atoms with Crippen LogP contribution >= 0.6 is 0 Å². The molecule has 4 heterocycles. The SMILES string of the molecule is Cn1ccnc1C(O)C1CCN(Cc2cccc3ccnn23)CC1. The van der Waals surface area contributed by atoms with Crippen LogP contribution < -0.4 is 0 Å². The Morgan fingerprint density at radius 2 is 2.04 bits per heavy atom. The van der Waals surface area contributed by atoms with Crippen LogP contribution in [-0.2, 0) is 13.6 Å². The van der Waals surface area contributed by atoms with E-state index in [0.717, 1.165) is 43.8 Å². The Kier molecular flexibility index (Phi) is 4.08. The molecule has 6 heteroatoms. The first-order valence-electron chi connectivity index (χ1n) is 8.51. The van der Waals surface area contributed by atoms with E-state index < -0.39 is 6.10 Å². The van der Waals surface area contributed by atoms with Gasteiger partial charge in [0.25, 0.3) is 0 Å². The van der Waals surface area contributed by atoms with Crippen LogP contribution in [0.1, 0.15) is 30.5 Å². The number of likely N-dealkylation sites (tertiary alicyclic amines) is 1. The highest BCUT2D eigenvalue weighted by molar-refractivity contribution is 5.46. The zero-order valence-electron chi connectivity index (χ0n) is 13.9. The standard InChI is InChI=1S/C18H23N5O/c1-21-12-9-19-18(21)17(24)14-6-10-22(11-7-14)13-16-4-2-3-15-5-8-20-23(15)16/h2-5,8-9,12,14,17,24H,6-7,10-11,13H2,1H3. The fraction of sp³-hybridized carbons (Fsp3) is 0.444. The first-order valence-corrected chi connectivity index (χ1v) is 8.51. The minimum Gasteiger partial charge on any atom is -0.385 e. The van der Waals surface area contributed by atoms with E-state index in [1.54, 1.807) is 6.20 Å². The summed E-state index contributed by atoms with van der Waals surface area (Å²) in [7, 11) is 1.94. The van der Waals surface area contributed by atoms with E-state index >= 15 is 0 Å². The molecule has 3 aromatic rings. The van der Waals surface area contributed by atoms with Crippen molar-refractivity contribution in [3.63, 3.8) is 0 Å². The molecule has 0 amide bonds. The number of fused-ring (bicyclic) bond motifs is 1. The van der Waals surface area contributed by atoms with Gasteiger partial charge < -0.3 is 9.67 Å². The molecule has 1 aliphatic rings. The molecule has 0 radical (unpaired) electrons. The number of piperidine rings is 1. The molecule has 6 nitrogen and oxygen atoms in total. The summed E-state index contributed by atoms with van der Waals surface area (Å²) in [5.41, 5.74) is 2.34. The molecule has 24 heavy (non-hydrogen) atoms. The van der Waals surface area contributed by atoms with Crippen molar-refractivity contribution >= 4 is 5.52 Å². The zero-order chi connectivity index (χ0) is 16.5. The average Bonchev–Trinajstić information content (AvgIpc) is 3.24. The van der Waals surface area contributed by atoms with Gasteiger partial charge in [-0.2, -0.15) is 5.10 Å². The van der Waals surface area contributed by atoms with Gasteiger partial charge in [-0.25, -0.2) is 9.50 Å². The Hall–Kier alpha value is -2.18. The molecular formula is C18H23N5O. The number of nitrogens with zero attached hydrogens (tertiary/aromatic N) is 5. The summed E-state index contributed by atoms with van der Waals surface area (Å²) in [5.74, 6) is 1.05. The summed E-state index contributed by atoms with van der Waals surface area (Å²) in [4.78, 5) is 6.74. The largest absolute Gasteiger partial charge is 0.385 e. The van der Waals surface area contributed by atoms with E-state index in [-0.39, 0.29) is 5.92 Å². The van der Waals surface area contributed by atoms with E-state index in [2.05, 4.69) is 33.2 Å². The van der Waals surface area contributed by atoms with Crippen LogP contribution in [-0.4, -0.2) is 42.3 Å². The number of hydrogen-bond donors (Lipinski definition) is 1. The molecular weight excluding hydrogens is 302 g/mol. The molecule has 0 aromatic carbocycles. The maximum Gasteiger partial charge on any atom is 0.137 e. The monoisotopic (exact) mass is 325 g/mol. The lowest BCUT2D eigenvalue weighted by Crippen LogP contribution is -2.36. The minimum atomic E-state index is -0.471. The first-order chi connectivity index (χ1) is 11.7. The lowest BCUT2D eigenvalue weighted by molar-refractivity contribution is 0.0487. The third-order valence-electron chi connectivity index (χ3n) is 5.09. The van der Waals surface area contributed by atoms with Crippen molar-refractivity contribution in [3.8, 4) is 0 Å². The lowest BCUT2D eigenvalue weighted by atomic mass is 9.90. The minimum absolute atomic E-state index is 0.280. The molecule has 0 saturated carbocycles. The predicted molar refractivity (Wildman–Crippen MR) is 91.4 cm³/mol. The number of aromatic nitrogens is 4. The van der Waals surface area contributed by atoms with Crippen molar-refractivity contribution in [3.05, 3.63) is 54.4 Å². The number of aryl methyl sites for hydroxylation is 1. The van der Waals surface area contributed by atoms with Gasteiger partial charge in [-0.15, -0.1) is 0 Å². The molecule has 0 spiro atoms. The molecule has 1 aliphatic heterocycles. The molecule has 4 rings (SSSR count). The topological polar surface area (TPSA) is 58.6 Å². The molecule has 0 aliphatic carbocycles. The Morgan fingerprint density at radius 1 is 1.21 bits per heavy atom. The van der Waals surface area contributed by atoms with Gasteiger partial charge in [-0.1, -0.05) is 6.07 Å². The van der Waals surface area contributed by atoms with Crippen molar-refractivity contribution in [1.29, 1.82) is 0 Å². The third-order valence-corrected chi connectivity index (χ3v) is 5.09. The molecule has 1 saturated heterocycles. The smallest absolute Gasteiger partial charge is 0.137 e. The third kappa shape index (κ3) is 2.83. The van der Waals surface area contributed by atoms with Crippen LogP contribution in [0.2, 0.25) is 0 Å². The molecule has 1 N–H and O–H groups in total. The highest BCUT2D eigenvalue weighted by atomic mass is 16.3. The van der Waals surface area contributed by atoms with E-state index in [4.69, 9.17) is 0 Å². The summed E-state index contributed by atoms with van der Waals surface area (Å²) in [6.45, 7) is 2.87. The van der Waals surface area contributed by atoms with Crippen molar-refractivity contribution in [2.45, 2.75) is 25.5 Å². The van der Waals surface area contributed by atoms with Crippen LogP contribution in [0.5, 0.6) is 0 Å². The summed E-state index contributed by atoms with van der Waals surface area (Å²) in [6, 6.07) is 8.32. The van der Waals surface area contributed by atoms with Crippen LogP contribution in [0, 0.1) is 5.92 Å². The highest BCUT2D eigenvalue weighted by Crippen LogP contribution is 2.30. The second-order valence-electron chi connectivity index (χ2n) is 6.64. The van der Waals surface area contributed by atoms with Gasteiger partial charge in [-0.3, -0.25) is 4.90 Å². The van der Waals surface area contributed by atoms with E-state index in [1.807, 2.05) is 34.6 Å². The van der Waals surface area contributed by atoms with Gasteiger partial charge in [0, 0.05) is 32.2 Å². The first kappa shape index (κ1) is 15.4. The number of aliphatic hydroxyl groups excluding tert-OH is 1. The molecule has 1 fully saturated rings. The van der Waals surface area contributed by atoms with Crippen LogP contribution in [0.15, 0.2) is 42.9 Å². The highest BCUT2D eigenvalue weighted by Gasteiger charge is 2.28. The fourth-order valence-corrected chi connectivity index (χ4v) is 3.66. The number of imidazole rings is 1. The summed E-state index contributed by atoms with van der Waals surface area (Å²) >= 11 is 0. The van der Waals surface area contributed by atoms with Crippen LogP contribution in [0.3, 0.4) is 0 Å². The van der Waals surface area contributed by atoms with Crippen molar-refractivity contribution in [2.24, 2.45) is 13.0 Å². The summed E-state index contributed by atoms with van der Waals surface area (Å²) in [6.07, 6.45) is 6.99. The number of pyridine rings is 1. The van der Waals surface area contributed by atoms with Crippen molar-refractivity contribution < 1.29 is 5.11 Å². The Balaban J connectivity index is 1.40. The summed E-state index contributed by atoms with van der Waals surface area (Å²) < 4.78 is 3.92. The van der Waals surface area contributed by atoms with Crippen molar-refractivity contribution in [1.82, 2.24) is 24.1 Å². The zero-order valence-corrected chi connectivity index (χ0v) is 13.9. The molecule has 1 unspecified atom stereocenters. The summed E-state index contributed by atoms with van der Waals surface area (Å²) in [5, 5.41) is 15.0. The second kappa shape index (κ2) is 6.37. The van der Waals surface area contributed by atoms with Gasteiger partial charge in [0.1, 0.15) is 11.9 Å². The van der Waals surface area contributed by atoms with Gasteiger partial charge in [0.2, 0.25) is 0 Å². The van der Waals surface area contributed by atoms with E-state index in [9.17, 15) is 5.11 Å².